The maximum absolute atomic E-state index is 10.7. The Bertz CT molecular complexity index is 281. The molecule has 4 N–H and O–H groups in total. The Balaban J connectivity index is 2.33. The molecule has 0 aromatic carbocycles. The molecule has 5 unspecified atom stereocenters. The van der Waals surface area contributed by atoms with Gasteiger partial charge in [-0.1, -0.05) is 0 Å². The summed E-state index contributed by atoms with van der Waals surface area (Å²) in [5.41, 5.74) is 0. The van der Waals surface area contributed by atoms with Crippen molar-refractivity contribution in [3.63, 3.8) is 0 Å². The SMILES string of the molecule is CC(=O)CCCCOC1OC(CO)C(O)C(O)C1O. The van der Waals surface area contributed by atoms with Crippen LogP contribution >= 0.6 is 0 Å². The van der Waals surface area contributed by atoms with Gasteiger partial charge in [0.15, 0.2) is 6.29 Å². The molecule has 1 rings (SSSR count). The van der Waals surface area contributed by atoms with Crippen LogP contribution in [0.2, 0.25) is 0 Å². The maximum Gasteiger partial charge on any atom is 0.186 e. The van der Waals surface area contributed by atoms with E-state index >= 15 is 0 Å². The van der Waals surface area contributed by atoms with Gasteiger partial charge >= 0.3 is 0 Å². The Morgan fingerprint density at radius 1 is 1.16 bits per heavy atom. The highest BCUT2D eigenvalue weighted by Crippen LogP contribution is 2.22. The molecule has 5 atom stereocenters. The second kappa shape index (κ2) is 7.88. The second-order valence-corrected chi connectivity index (χ2v) is 4.73. The molecule has 0 radical (unpaired) electrons. The van der Waals surface area contributed by atoms with Crippen molar-refractivity contribution in [1.82, 2.24) is 0 Å². The largest absolute Gasteiger partial charge is 0.394 e. The number of ether oxygens (including phenoxy) is 2. The van der Waals surface area contributed by atoms with Crippen molar-refractivity contribution in [1.29, 1.82) is 0 Å². The molecule has 0 saturated carbocycles. The molecule has 112 valence electrons. The fraction of sp³-hybridized carbons (Fsp3) is 0.917. The lowest BCUT2D eigenvalue weighted by atomic mass is 9.99. The molecule has 0 amide bonds. The van der Waals surface area contributed by atoms with E-state index in [4.69, 9.17) is 14.6 Å². The summed E-state index contributed by atoms with van der Waals surface area (Å²) in [5.74, 6) is 0.104. The fourth-order valence-corrected chi connectivity index (χ4v) is 1.88. The Labute approximate surface area is 111 Å². The van der Waals surface area contributed by atoms with Gasteiger partial charge in [-0.2, -0.15) is 0 Å². The van der Waals surface area contributed by atoms with Gasteiger partial charge in [-0.25, -0.2) is 0 Å². The Kier molecular flexibility index (Phi) is 6.84. The van der Waals surface area contributed by atoms with E-state index in [9.17, 15) is 20.1 Å². The van der Waals surface area contributed by atoms with Crippen LogP contribution in [0.4, 0.5) is 0 Å². The highest BCUT2D eigenvalue weighted by Gasteiger charge is 2.43. The second-order valence-electron chi connectivity index (χ2n) is 4.73. The molecule has 1 aliphatic heterocycles. The smallest absolute Gasteiger partial charge is 0.186 e. The predicted molar refractivity (Wildman–Crippen MR) is 64.3 cm³/mol. The molecular weight excluding hydrogens is 256 g/mol. The van der Waals surface area contributed by atoms with Gasteiger partial charge in [-0.05, 0) is 19.8 Å². The third kappa shape index (κ3) is 4.79. The first-order chi connectivity index (χ1) is 8.97. The highest BCUT2D eigenvalue weighted by atomic mass is 16.7. The molecule has 1 aliphatic rings. The van der Waals surface area contributed by atoms with Crippen molar-refractivity contribution >= 4 is 5.78 Å². The number of hydrogen-bond acceptors (Lipinski definition) is 7. The normalized spacial score (nSPS) is 35.3. The average molecular weight is 278 g/mol. The van der Waals surface area contributed by atoms with Crippen LogP contribution in [0.15, 0.2) is 0 Å². The number of carbonyl (C=O) groups excluding carboxylic acids is 1. The van der Waals surface area contributed by atoms with Gasteiger partial charge in [0.2, 0.25) is 0 Å². The van der Waals surface area contributed by atoms with Gasteiger partial charge in [-0.15, -0.1) is 0 Å². The molecule has 0 aromatic rings. The number of rotatable bonds is 7. The first-order valence-corrected chi connectivity index (χ1v) is 6.39. The third-order valence-corrected chi connectivity index (χ3v) is 3.05. The quantitative estimate of drug-likeness (QED) is 0.421. The predicted octanol–water partition coefficient (Wildman–Crippen LogP) is -1.44. The monoisotopic (exact) mass is 278 g/mol. The molecule has 1 saturated heterocycles. The average Bonchev–Trinajstić information content (AvgIpc) is 2.37. The van der Waals surface area contributed by atoms with Gasteiger partial charge < -0.3 is 34.7 Å². The first-order valence-electron chi connectivity index (χ1n) is 6.39. The molecule has 0 aromatic heterocycles. The Morgan fingerprint density at radius 3 is 2.42 bits per heavy atom. The zero-order valence-electron chi connectivity index (χ0n) is 10.9. The van der Waals surface area contributed by atoms with Crippen molar-refractivity contribution in [2.24, 2.45) is 0 Å². The number of aliphatic hydroxyl groups excluding tert-OH is 4. The summed E-state index contributed by atoms with van der Waals surface area (Å²) >= 11 is 0. The van der Waals surface area contributed by atoms with Crippen LogP contribution in [0.1, 0.15) is 26.2 Å². The van der Waals surface area contributed by atoms with E-state index in [-0.39, 0.29) is 12.4 Å². The highest BCUT2D eigenvalue weighted by molar-refractivity contribution is 5.75. The van der Waals surface area contributed by atoms with E-state index in [1.807, 2.05) is 0 Å². The Morgan fingerprint density at radius 2 is 1.84 bits per heavy atom. The van der Waals surface area contributed by atoms with Crippen LogP contribution in [0.5, 0.6) is 0 Å². The van der Waals surface area contributed by atoms with Crippen molar-refractivity contribution < 1.29 is 34.7 Å². The van der Waals surface area contributed by atoms with Crippen LogP contribution in [-0.4, -0.2) is 70.1 Å². The fourth-order valence-electron chi connectivity index (χ4n) is 1.88. The number of Topliss-reactive ketones (excluding diaryl/α,β-unsaturated/α-hetero) is 1. The van der Waals surface area contributed by atoms with E-state index < -0.39 is 37.3 Å². The lowest BCUT2D eigenvalue weighted by molar-refractivity contribution is -0.301. The summed E-state index contributed by atoms with van der Waals surface area (Å²) in [6.45, 7) is 1.30. The minimum atomic E-state index is -1.42. The zero-order chi connectivity index (χ0) is 14.4. The van der Waals surface area contributed by atoms with Gasteiger partial charge in [0.05, 0.1) is 6.61 Å². The molecule has 0 spiro atoms. The molecular formula is C12H22O7. The van der Waals surface area contributed by atoms with E-state index in [0.717, 1.165) is 0 Å². The Hall–Kier alpha value is -0.570. The summed E-state index contributed by atoms with van der Waals surface area (Å²) < 4.78 is 10.4. The number of aliphatic hydroxyl groups is 4. The minimum absolute atomic E-state index is 0.104. The van der Waals surface area contributed by atoms with E-state index in [2.05, 4.69) is 0 Å². The molecule has 0 bridgehead atoms. The van der Waals surface area contributed by atoms with Gasteiger partial charge in [0.25, 0.3) is 0 Å². The topological polar surface area (TPSA) is 116 Å². The number of hydrogen-bond donors (Lipinski definition) is 4. The van der Waals surface area contributed by atoms with Crippen LogP contribution < -0.4 is 0 Å². The van der Waals surface area contributed by atoms with Crippen LogP contribution in [0.25, 0.3) is 0 Å². The zero-order valence-corrected chi connectivity index (χ0v) is 10.9. The molecule has 0 aliphatic carbocycles. The van der Waals surface area contributed by atoms with Crippen LogP contribution in [-0.2, 0) is 14.3 Å². The van der Waals surface area contributed by atoms with Gasteiger partial charge in [-0.3, -0.25) is 0 Å². The number of carbonyl (C=O) groups is 1. The molecule has 1 fully saturated rings. The third-order valence-electron chi connectivity index (χ3n) is 3.05. The minimum Gasteiger partial charge on any atom is -0.394 e. The standard InChI is InChI=1S/C12H22O7/c1-7(14)4-2-3-5-18-12-11(17)10(16)9(15)8(6-13)19-12/h8-13,15-17H,2-6H2,1H3. The van der Waals surface area contributed by atoms with Crippen LogP contribution in [0.3, 0.4) is 0 Å². The number of unbranched alkanes of at least 4 members (excludes halogenated alkanes) is 1. The molecule has 7 heteroatoms. The van der Waals surface area contributed by atoms with Gasteiger partial charge in [0, 0.05) is 13.0 Å². The van der Waals surface area contributed by atoms with Crippen molar-refractivity contribution in [2.75, 3.05) is 13.2 Å². The van der Waals surface area contributed by atoms with E-state index in [1.165, 1.54) is 6.92 Å². The van der Waals surface area contributed by atoms with Crippen molar-refractivity contribution in [3.05, 3.63) is 0 Å². The summed E-state index contributed by atoms with van der Waals surface area (Å²) in [4.78, 5) is 10.7. The van der Waals surface area contributed by atoms with Crippen molar-refractivity contribution in [3.8, 4) is 0 Å². The van der Waals surface area contributed by atoms with E-state index in [1.54, 1.807) is 0 Å². The summed E-state index contributed by atoms with van der Waals surface area (Å²) in [6, 6.07) is 0. The van der Waals surface area contributed by atoms with Crippen LogP contribution in [0, 0.1) is 0 Å². The van der Waals surface area contributed by atoms with Crippen molar-refractivity contribution in [2.45, 2.75) is 56.9 Å². The maximum atomic E-state index is 10.7. The van der Waals surface area contributed by atoms with Gasteiger partial charge in [0.1, 0.15) is 30.2 Å². The molecule has 19 heavy (non-hydrogen) atoms. The summed E-state index contributed by atoms with van der Waals surface area (Å²) in [6.07, 6.45) is -4.45. The number of ketones is 1. The summed E-state index contributed by atoms with van der Waals surface area (Å²) in [7, 11) is 0. The molecule has 1 heterocycles. The molecule has 7 nitrogen and oxygen atoms in total. The van der Waals surface area contributed by atoms with E-state index in [0.29, 0.717) is 19.3 Å². The lowest BCUT2D eigenvalue weighted by Gasteiger charge is -2.39. The summed E-state index contributed by atoms with van der Waals surface area (Å²) in [5, 5.41) is 37.7. The lowest BCUT2D eigenvalue weighted by Crippen LogP contribution is -2.59. The first kappa shape index (κ1) is 16.5.